The Balaban J connectivity index is 3.32. The van der Waals surface area contributed by atoms with Crippen molar-refractivity contribution >= 4 is 11.9 Å². The van der Waals surface area contributed by atoms with Gasteiger partial charge < -0.3 is 14.9 Å². The molecule has 0 aromatic carbocycles. The highest BCUT2D eigenvalue weighted by Crippen LogP contribution is 2.09. The monoisotopic (exact) mass is 314 g/mol. The Morgan fingerprint density at radius 1 is 1.00 bits per heavy atom. The Labute approximate surface area is 133 Å². The maximum absolute atomic E-state index is 11.3. The van der Waals surface area contributed by atoms with Gasteiger partial charge in [0, 0.05) is 6.42 Å². The van der Waals surface area contributed by atoms with Crippen LogP contribution in [0.4, 0.5) is 0 Å². The zero-order valence-electron chi connectivity index (χ0n) is 13.6. The summed E-state index contributed by atoms with van der Waals surface area (Å²) < 4.78 is 4.68. The largest absolute Gasteiger partial charge is 0.479 e. The zero-order chi connectivity index (χ0) is 16.6. The number of carbonyl (C=O) groups is 2. The maximum Gasteiger partial charge on any atom is 0.336 e. The Hall–Kier alpha value is -1.36. The van der Waals surface area contributed by atoms with E-state index in [2.05, 4.69) is 23.8 Å². The van der Waals surface area contributed by atoms with Crippen molar-refractivity contribution in [1.29, 1.82) is 0 Å². The van der Waals surface area contributed by atoms with E-state index in [-0.39, 0.29) is 6.42 Å². The third kappa shape index (κ3) is 13.6. The lowest BCUT2D eigenvalue weighted by Crippen LogP contribution is -2.26. The van der Waals surface area contributed by atoms with Crippen LogP contribution in [0, 0.1) is 0 Å². The van der Waals surface area contributed by atoms with E-state index in [0.717, 1.165) is 25.7 Å². The zero-order valence-corrected chi connectivity index (χ0v) is 13.6. The van der Waals surface area contributed by atoms with Gasteiger partial charge in [-0.25, -0.2) is 4.79 Å². The first-order chi connectivity index (χ1) is 10.6. The second-order valence-corrected chi connectivity index (χ2v) is 5.46. The molecule has 0 aromatic heterocycles. The topological polar surface area (TPSA) is 83.8 Å². The number of ether oxygens (including phenoxy) is 1. The van der Waals surface area contributed by atoms with Gasteiger partial charge in [0.1, 0.15) is 6.61 Å². The summed E-state index contributed by atoms with van der Waals surface area (Å²) in [5.41, 5.74) is 0. The van der Waals surface area contributed by atoms with Crippen LogP contribution in [0.25, 0.3) is 0 Å². The van der Waals surface area contributed by atoms with Crippen LogP contribution in [0.1, 0.15) is 71.1 Å². The number of esters is 1. The van der Waals surface area contributed by atoms with Crippen molar-refractivity contribution < 1.29 is 24.5 Å². The fourth-order valence-electron chi connectivity index (χ4n) is 1.96. The molecule has 0 aliphatic heterocycles. The molecule has 0 amide bonds. The number of carboxylic acid groups (broad SMARTS) is 1. The molecule has 0 saturated heterocycles. The summed E-state index contributed by atoms with van der Waals surface area (Å²) in [6, 6.07) is 0. The van der Waals surface area contributed by atoms with Crippen LogP contribution >= 0.6 is 0 Å². The molecule has 128 valence electrons. The first-order valence-electron chi connectivity index (χ1n) is 8.29. The number of allylic oxidation sites excluding steroid dienone is 2. The molecule has 0 heterocycles. The van der Waals surface area contributed by atoms with Crippen LogP contribution in [0.5, 0.6) is 0 Å². The molecule has 2 N–H and O–H groups in total. The normalized spacial score (nSPS) is 12.5. The number of aliphatic hydroxyl groups is 1. The molecular weight excluding hydrogens is 284 g/mol. The number of unbranched alkanes of at least 4 members (excludes halogenated alkanes) is 7. The van der Waals surface area contributed by atoms with E-state index in [1.54, 1.807) is 0 Å². The van der Waals surface area contributed by atoms with Crippen molar-refractivity contribution in [2.24, 2.45) is 0 Å². The molecule has 0 fully saturated rings. The Morgan fingerprint density at radius 2 is 1.59 bits per heavy atom. The summed E-state index contributed by atoms with van der Waals surface area (Å²) >= 11 is 0. The van der Waals surface area contributed by atoms with Gasteiger partial charge in [0.2, 0.25) is 0 Å². The van der Waals surface area contributed by atoms with E-state index < -0.39 is 24.6 Å². The molecular formula is C17H30O5. The van der Waals surface area contributed by atoms with Gasteiger partial charge in [-0.2, -0.15) is 0 Å². The number of aliphatic hydroxyl groups excluding tert-OH is 1. The standard InChI is InChI=1S/C17H30O5/c1-2-3-4-5-6-7-8-9-10-11-12-13-16(19)22-14-15(18)17(20)21/h4-5,15,18H,2-3,6-14H2,1H3,(H,20,21)/b5-4-/t15-/m0/s1. The Kier molecular flexibility index (Phi) is 13.7. The third-order valence-electron chi connectivity index (χ3n) is 3.31. The predicted octanol–water partition coefficient (Wildman–Crippen LogP) is 3.45. The van der Waals surface area contributed by atoms with Crippen molar-refractivity contribution in [3.05, 3.63) is 12.2 Å². The second kappa shape index (κ2) is 14.6. The lowest BCUT2D eigenvalue weighted by Gasteiger charge is -2.07. The van der Waals surface area contributed by atoms with Crippen LogP contribution in [0.3, 0.4) is 0 Å². The van der Waals surface area contributed by atoms with Gasteiger partial charge in [0.05, 0.1) is 0 Å². The van der Waals surface area contributed by atoms with Gasteiger partial charge in [-0.1, -0.05) is 51.2 Å². The molecule has 22 heavy (non-hydrogen) atoms. The van der Waals surface area contributed by atoms with Gasteiger partial charge in [0.15, 0.2) is 6.10 Å². The highest BCUT2D eigenvalue weighted by Gasteiger charge is 2.15. The predicted molar refractivity (Wildman–Crippen MR) is 85.6 cm³/mol. The number of hydrogen-bond donors (Lipinski definition) is 2. The summed E-state index contributed by atoms with van der Waals surface area (Å²) in [5, 5.41) is 17.4. The average Bonchev–Trinajstić information content (AvgIpc) is 2.50. The summed E-state index contributed by atoms with van der Waals surface area (Å²) in [6.45, 7) is 1.70. The van der Waals surface area contributed by atoms with Crippen molar-refractivity contribution in [3.8, 4) is 0 Å². The lowest BCUT2D eigenvalue weighted by atomic mass is 10.1. The first kappa shape index (κ1) is 20.6. The van der Waals surface area contributed by atoms with E-state index in [4.69, 9.17) is 10.2 Å². The van der Waals surface area contributed by atoms with Crippen molar-refractivity contribution in [1.82, 2.24) is 0 Å². The van der Waals surface area contributed by atoms with Gasteiger partial charge in [-0.15, -0.1) is 0 Å². The smallest absolute Gasteiger partial charge is 0.336 e. The third-order valence-corrected chi connectivity index (χ3v) is 3.31. The molecule has 0 aromatic rings. The van der Waals surface area contributed by atoms with Gasteiger partial charge >= 0.3 is 11.9 Å². The lowest BCUT2D eigenvalue weighted by molar-refractivity contribution is -0.156. The molecule has 0 rings (SSSR count). The number of rotatable bonds is 14. The molecule has 0 radical (unpaired) electrons. The molecule has 0 aliphatic rings. The fraction of sp³-hybridized carbons (Fsp3) is 0.765. The van der Waals surface area contributed by atoms with E-state index in [0.29, 0.717) is 0 Å². The highest BCUT2D eigenvalue weighted by atomic mass is 16.5. The molecule has 5 nitrogen and oxygen atoms in total. The molecule has 0 saturated carbocycles. The number of hydrogen-bond acceptors (Lipinski definition) is 4. The molecule has 1 atom stereocenters. The minimum Gasteiger partial charge on any atom is -0.479 e. The van der Waals surface area contributed by atoms with Crippen LogP contribution in [-0.2, 0) is 14.3 Å². The molecule has 0 bridgehead atoms. The van der Waals surface area contributed by atoms with Crippen LogP contribution in [-0.4, -0.2) is 34.9 Å². The minimum atomic E-state index is -1.63. The Bertz CT molecular complexity index is 325. The molecule has 0 spiro atoms. The highest BCUT2D eigenvalue weighted by molar-refractivity contribution is 5.73. The average molecular weight is 314 g/mol. The van der Waals surface area contributed by atoms with Crippen molar-refractivity contribution in [2.45, 2.75) is 77.2 Å². The summed E-state index contributed by atoms with van der Waals surface area (Å²) in [5.74, 6) is -1.82. The van der Waals surface area contributed by atoms with E-state index in [1.807, 2.05) is 0 Å². The maximum atomic E-state index is 11.3. The molecule has 0 aliphatic carbocycles. The van der Waals surface area contributed by atoms with Crippen molar-refractivity contribution in [2.75, 3.05) is 6.61 Å². The van der Waals surface area contributed by atoms with Crippen molar-refractivity contribution in [3.63, 3.8) is 0 Å². The number of carboxylic acids is 1. The molecule has 5 heteroatoms. The van der Waals surface area contributed by atoms with E-state index in [1.165, 1.54) is 32.1 Å². The summed E-state index contributed by atoms with van der Waals surface area (Å²) in [7, 11) is 0. The molecule has 0 unspecified atom stereocenters. The van der Waals surface area contributed by atoms with E-state index in [9.17, 15) is 9.59 Å². The van der Waals surface area contributed by atoms with Gasteiger partial charge in [0.25, 0.3) is 0 Å². The van der Waals surface area contributed by atoms with E-state index >= 15 is 0 Å². The second-order valence-electron chi connectivity index (χ2n) is 5.46. The minimum absolute atomic E-state index is 0.284. The van der Waals surface area contributed by atoms with Crippen LogP contribution < -0.4 is 0 Å². The summed E-state index contributed by atoms with van der Waals surface area (Å²) in [4.78, 5) is 21.6. The quantitative estimate of drug-likeness (QED) is 0.291. The van der Waals surface area contributed by atoms with Crippen LogP contribution in [0.15, 0.2) is 12.2 Å². The SMILES string of the molecule is CCC/C=C\CCCCCCCCC(=O)OC[C@H](O)C(=O)O. The number of carbonyl (C=O) groups excluding carboxylic acids is 1. The van der Waals surface area contributed by atoms with Crippen LogP contribution in [0.2, 0.25) is 0 Å². The summed E-state index contributed by atoms with van der Waals surface area (Å²) in [6.07, 6.45) is 13.1. The fourth-order valence-corrected chi connectivity index (χ4v) is 1.96. The number of aliphatic carboxylic acids is 1. The first-order valence-corrected chi connectivity index (χ1v) is 8.29. The Morgan fingerprint density at radius 3 is 2.23 bits per heavy atom. The van der Waals surface area contributed by atoms with Gasteiger partial charge in [-0.05, 0) is 25.7 Å². The van der Waals surface area contributed by atoms with Gasteiger partial charge in [-0.3, -0.25) is 4.79 Å².